The summed E-state index contributed by atoms with van der Waals surface area (Å²) in [6, 6.07) is 9.70. The van der Waals surface area contributed by atoms with Crippen LogP contribution in [0.4, 0.5) is 0 Å². The molecule has 0 amide bonds. The molecule has 140 valence electrons. The Labute approximate surface area is 167 Å². The molecule has 0 bridgehead atoms. The zero-order valence-corrected chi connectivity index (χ0v) is 16.9. The molecule has 0 unspecified atom stereocenters. The molecule has 2 atom stereocenters. The van der Waals surface area contributed by atoms with Crippen LogP contribution in [0.3, 0.4) is 0 Å². The molecule has 3 heterocycles. The molecule has 0 radical (unpaired) electrons. The van der Waals surface area contributed by atoms with Crippen LogP contribution in [-0.4, -0.2) is 40.3 Å². The van der Waals surface area contributed by atoms with E-state index in [0.29, 0.717) is 6.61 Å². The highest BCUT2D eigenvalue weighted by Gasteiger charge is 2.49. The Hall–Kier alpha value is -1.92. The lowest BCUT2D eigenvalue weighted by molar-refractivity contribution is -0.143. The van der Waals surface area contributed by atoms with Crippen LogP contribution >= 0.6 is 23.5 Å². The molecule has 3 aliphatic rings. The van der Waals surface area contributed by atoms with Gasteiger partial charge in [-0.3, -0.25) is 9.59 Å². The van der Waals surface area contributed by atoms with E-state index < -0.39 is 0 Å². The molecule has 0 fully saturated rings. The lowest BCUT2D eigenvalue weighted by Gasteiger charge is -2.41. The first-order valence-corrected chi connectivity index (χ1v) is 11.0. The molecule has 27 heavy (non-hydrogen) atoms. The van der Waals surface area contributed by atoms with Gasteiger partial charge in [0.2, 0.25) is 5.78 Å². The first kappa shape index (κ1) is 18.4. The summed E-state index contributed by atoms with van der Waals surface area (Å²) in [5, 5.41) is -0.328. The third-order valence-corrected chi connectivity index (χ3v) is 7.37. The van der Waals surface area contributed by atoms with Crippen LogP contribution in [0.15, 0.2) is 58.1 Å². The molecule has 1 aromatic carbocycles. The lowest BCUT2D eigenvalue weighted by Crippen LogP contribution is -2.48. The number of ketones is 1. The van der Waals surface area contributed by atoms with Crippen LogP contribution in [0.2, 0.25) is 0 Å². The van der Waals surface area contributed by atoms with Crippen LogP contribution in [0.25, 0.3) is 5.57 Å². The van der Waals surface area contributed by atoms with Gasteiger partial charge in [-0.05, 0) is 30.7 Å². The SMILES string of the molecule is CCOC(=O)[C@@H]1SC(SCC)=C2C(=O)C(c3ccccc3)=C3C=CC[C@@H]1N32. The zero-order valence-electron chi connectivity index (χ0n) is 15.3. The van der Waals surface area contributed by atoms with Gasteiger partial charge < -0.3 is 9.64 Å². The highest BCUT2D eigenvalue weighted by atomic mass is 32.2. The number of Topliss-reactive ketones (excluding diaryl/α,β-unsaturated/α-hetero) is 1. The number of allylic oxidation sites excluding steroid dienone is 2. The van der Waals surface area contributed by atoms with E-state index in [-0.39, 0.29) is 23.0 Å². The van der Waals surface area contributed by atoms with Gasteiger partial charge in [0.05, 0.1) is 28.2 Å². The second-order valence-electron chi connectivity index (χ2n) is 6.39. The van der Waals surface area contributed by atoms with Gasteiger partial charge in [-0.15, -0.1) is 11.8 Å². The Kier molecular flexibility index (Phi) is 5.19. The predicted molar refractivity (Wildman–Crippen MR) is 111 cm³/mol. The van der Waals surface area contributed by atoms with E-state index in [9.17, 15) is 9.59 Å². The maximum atomic E-state index is 13.4. The molecule has 4 nitrogen and oxygen atoms in total. The third-order valence-electron chi connectivity index (χ3n) is 4.82. The van der Waals surface area contributed by atoms with Crippen LogP contribution < -0.4 is 0 Å². The van der Waals surface area contributed by atoms with Crippen molar-refractivity contribution in [1.82, 2.24) is 4.90 Å². The van der Waals surface area contributed by atoms with Gasteiger partial charge in [0.25, 0.3) is 0 Å². The van der Waals surface area contributed by atoms with Crippen molar-refractivity contribution in [3.63, 3.8) is 0 Å². The summed E-state index contributed by atoms with van der Waals surface area (Å²) in [6.07, 6.45) is 4.82. The van der Waals surface area contributed by atoms with Crippen molar-refractivity contribution >= 4 is 40.8 Å². The molecule has 1 aromatic rings. The molecule has 0 saturated carbocycles. The van der Waals surface area contributed by atoms with Gasteiger partial charge in [0, 0.05) is 0 Å². The number of hydrogen-bond acceptors (Lipinski definition) is 6. The molecule has 0 aromatic heterocycles. The number of thioether (sulfide) groups is 2. The largest absolute Gasteiger partial charge is 0.465 e. The quantitative estimate of drug-likeness (QED) is 0.691. The molecule has 0 saturated heterocycles. The van der Waals surface area contributed by atoms with Crippen molar-refractivity contribution in [2.45, 2.75) is 31.6 Å². The van der Waals surface area contributed by atoms with Crippen LogP contribution in [-0.2, 0) is 14.3 Å². The van der Waals surface area contributed by atoms with Crippen LogP contribution in [0.1, 0.15) is 25.8 Å². The number of hydrogen-bond donors (Lipinski definition) is 0. The third kappa shape index (κ3) is 3.05. The number of esters is 1. The number of rotatable bonds is 5. The van der Waals surface area contributed by atoms with Gasteiger partial charge in [0.15, 0.2) is 0 Å². The number of nitrogens with zero attached hydrogens (tertiary/aromatic N) is 1. The monoisotopic (exact) mass is 399 g/mol. The Balaban J connectivity index is 1.86. The van der Waals surface area contributed by atoms with Gasteiger partial charge in [-0.1, -0.05) is 55.1 Å². The highest BCUT2D eigenvalue weighted by Crippen LogP contribution is 2.52. The number of carbonyl (C=O) groups is 2. The summed E-state index contributed by atoms with van der Waals surface area (Å²) >= 11 is 3.12. The minimum Gasteiger partial charge on any atom is -0.465 e. The van der Waals surface area contributed by atoms with Gasteiger partial charge in [-0.25, -0.2) is 0 Å². The fourth-order valence-corrected chi connectivity index (χ4v) is 6.38. The summed E-state index contributed by atoms with van der Waals surface area (Å²) in [6.45, 7) is 4.25. The summed E-state index contributed by atoms with van der Waals surface area (Å²) in [5.74, 6) is 0.702. The minimum atomic E-state index is -0.328. The van der Waals surface area contributed by atoms with E-state index in [1.165, 1.54) is 11.8 Å². The minimum absolute atomic E-state index is 0.0542. The molecular weight excluding hydrogens is 378 g/mol. The van der Waals surface area contributed by atoms with Gasteiger partial charge in [0.1, 0.15) is 10.9 Å². The molecule has 0 N–H and O–H groups in total. The van der Waals surface area contributed by atoms with E-state index >= 15 is 0 Å². The summed E-state index contributed by atoms with van der Waals surface area (Å²) in [5.41, 5.74) is 3.28. The Bertz CT molecular complexity index is 873. The molecule has 6 heteroatoms. The highest BCUT2D eigenvalue weighted by molar-refractivity contribution is 8.22. The van der Waals surface area contributed by atoms with Crippen molar-refractivity contribution in [3.8, 4) is 0 Å². The predicted octanol–water partition coefficient (Wildman–Crippen LogP) is 4.21. The van der Waals surface area contributed by atoms with Crippen molar-refractivity contribution in [1.29, 1.82) is 0 Å². The van der Waals surface area contributed by atoms with E-state index in [2.05, 4.69) is 17.9 Å². The fourth-order valence-electron chi connectivity index (χ4n) is 3.76. The normalized spacial score (nSPS) is 23.8. The van der Waals surface area contributed by atoms with E-state index in [4.69, 9.17) is 4.74 Å². The number of benzene rings is 1. The van der Waals surface area contributed by atoms with E-state index in [1.54, 1.807) is 11.8 Å². The molecule has 3 aliphatic heterocycles. The first-order valence-electron chi connectivity index (χ1n) is 9.17. The Morgan fingerprint density at radius 1 is 1.30 bits per heavy atom. The first-order chi connectivity index (χ1) is 13.2. The zero-order chi connectivity index (χ0) is 19.0. The van der Waals surface area contributed by atoms with E-state index in [1.807, 2.05) is 43.3 Å². The average Bonchev–Trinajstić information content (AvgIpc) is 2.98. The van der Waals surface area contributed by atoms with Crippen molar-refractivity contribution < 1.29 is 14.3 Å². The Morgan fingerprint density at radius 2 is 2.07 bits per heavy atom. The fraction of sp³-hybridized carbons (Fsp3) is 0.333. The van der Waals surface area contributed by atoms with Gasteiger partial charge >= 0.3 is 5.97 Å². The molecule has 0 spiro atoms. The van der Waals surface area contributed by atoms with Crippen molar-refractivity contribution in [2.75, 3.05) is 12.4 Å². The van der Waals surface area contributed by atoms with E-state index in [0.717, 1.165) is 38.9 Å². The molecule has 0 aliphatic carbocycles. The second-order valence-corrected chi connectivity index (χ2v) is 9.07. The van der Waals surface area contributed by atoms with Crippen LogP contribution in [0, 0.1) is 0 Å². The number of carbonyl (C=O) groups excluding carboxylic acids is 2. The van der Waals surface area contributed by atoms with Crippen molar-refractivity contribution in [2.24, 2.45) is 0 Å². The molecular formula is C21H21NO3S2. The maximum absolute atomic E-state index is 13.4. The summed E-state index contributed by atoms with van der Waals surface area (Å²) in [7, 11) is 0. The van der Waals surface area contributed by atoms with Gasteiger partial charge in [-0.2, -0.15) is 0 Å². The van der Waals surface area contributed by atoms with Crippen molar-refractivity contribution in [3.05, 3.63) is 63.7 Å². The second kappa shape index (κ2) is 7.60. The number of ether oxygens (including phenoxy) is 1. The topological polar surface area (TPSA) is 46.6 Å². The smallest absolute Gasteiger partial charge is 0.321 e. The lowest BCUT2D eigenvalue weighted by atomic mass is 9.99. The van der Waals surface area contributed by atoms with Crippen LogP contribution in [0.5, 0.6) is 0 Å². The molecule has 4 rings (SSSR count). The maximum Gasteiger partial charge on any atom is 0.321 e. The average molecular weight is 400 g/mol. The standard InChI is InChI=1S/C21H21NO3S2/c1-3-25-20(24)19-15-12-8-11-14-16(13-9-6-5-7-10-13)18(23)17(22(14)15)21(27-19)26-4-2/h5-11,15,19H,3-4,12H2,1-2H3/t15-,19+/m0/s1. The summed E-state index contributed by atoms with van der Waals surface area (Å²) < 4.78 is 6.27. The summed E-state index contributed by atoms with van der Waals surface area (Å²) in [4.78, 5) is 28.2. The Morgan fingerprint density at radius 3 is 2.78 bits per heavy atom.